The van der Waals surface area contributed by atoms with Crippen molar-refractivity contribution in [2.24, 2.45) is 23.7 Å². The molecule has 1 heterocycles. The van der Waals surface area contributed by atoms with Crippen LogP contribution in [0.1, 0.15) is 85.3 Å². The van der Waals surface area contributed by atoms with Gasteiger partial charge in [0, 0.05) is 53.5 Å². The predicted molar refractivity (Wildman–Crippen MR) is 244 cm³/mol. The van der Waals surface area contributed by atoms with Gasteiger partial charge in [0.1, 0.15) is 12.1 Å². The Bertz CT molecular complexity index is 1730. The highest BCUT2D eigenvalue weighted by atomic mass is 16.5. The SMILES string of the molecule is CC[C@H](C)[C@@H]([C@@H](CC(=O)N1CCC[C@H]1[C@H](OC)[C@@H](C)C(=O)N[C@@H](Cc1ccccc1)C(=O)O)OC)N(C)C(=O)[C@@H](NC(=O)[C@H](C(C)C)N(C)CCc1ccc(NC)cc1)C(C)C. The smallest absolute Gasteiger partial charge is 0.326 e. The number of likely N-dealkylation sites (tertiary alicyclic amines) is 1. The van der Waals surface area contributed by atoms with Crippen molar-refractivity contribution in [1.29, 1.82) is 0 Å². The van der Waals surface area contributed by atoms with Gasteiger partial charge in [-0.2, -0.15) is 0 Å². The van der Waals surface area contributed by atoms with E-state index in [-0.39, 0.29) is 48.3 Å². The third kappa shape index (κ3) is 14.0. The molecule has 3 rings (SSSR count). The standard InChI is InChI=1S/C48H76N6O8/c1-13-32(6)43(53(10)47(58)41(30(2)3)51-46(57)42(31(4)5)52(9)27-25-34-21-23-36(49-8)24-22-34)39(61-11)29-40(55)54-26-17-20-38(54)44(62-12)33(7)45(56)50-37(48(59)60)28-35-18-15-14-16-19-35/h14-16,18-19,21-24,30-33,37-39,41-44,49H,13,17,20,25-29H2,1-12H3,(H,50,56)(H,51,57)(H,59,60)/t32-,33+,37-,38-,39+,41-,42-,43-,44+/m0/s1. The molecule has 14 nitrogen and oxygen atoms in total. The van der Waals surface area contributed by atoms with Gasteiger partial charge in [-0.25, -0.2) is 4.79 Å². The van der Waals surface area contributed by atoms with Crippen LogP contribution in [0.15, 0.2) is 54.6 Å². The molecular formula is C48H76N6O8. The summed E-state index contributed by atoms with van der Waals surface area (Å²) in [6, 6.07) is 14.0. The molecule has 0 unspecified atom stereocenters. The zero-order chi connectivity index (χ0) is 46.3. The summed E-state index contributed by atoms with van der Waals surface area (Å²) in [5.41, 5.74) is 2.98. The van der Waals surface area contributed by atoms with Crippen LogP contribution in [0, 0.1) is 23.7 Å². The van der Waals surface area contributed by atoms with E-state index < -0.39 is 60.2 Å². The molecule has 0 saturated carbocycles. The number of amides is 4. The topological polar surface area (TPSA) is 170 Å². The first-order valence-electron chi connectivity index (χ1n) is 22.4. The molecule has 4 N–H and O–H groups in total. The second-order valence-corrected chi connectivity index (χ2v) is 17.8. The molecule has 9 atom stereocenters. The minimum Gasteiger partial charge on any atom is -0.480 e. The number of methoxy groups -OCH3 is 2. The average molecular weight is 865 g/mol. The molecule has 1 aliphatic heterocycles. The summed E-state index contributed by atoms with van der Waals surface area (Å²) in [7, 11) is 8.61. The number of likely N-dealkylation sites (N-methyl/N-ethyl adjacent to an activating group) is 2. The Kier molecular flexibility index (Phi) is 20.8. The van der Waals surface area contributed by atoms with Crippen LogP contribution in [-0.4, -0.2) is 140 Å². The molecule has 0 aromatic heterocycles. The highest BCUT2D eigenvalue weighted by Gasteiger charge is 2.43. The lowest BCUT2D eigenvalue weighted by Gasteiger charge is -2.41. The Labute approximate surface area is 370 Å². The molecule has 4 amide bonds. The fraction of sp³-hybridized carbons (Fsp3) is 0.646. The summed E-state index contributed by atoms with van der Waals surface area (Å²) in [4.78, 5) is 74.2. The Balaban J connectivity index is 1.76. The molecule has 1 fully saturated rings. The van der Waals surface area contributed by atoms with Gasteiger partial charge in [-0.15, -0.1) is 0 Å². The van der Waals surface area contributed by atoms with Gasteiger partial charge < -0.3 is 40.3 Å². The van der Waals surface area contributed by atoms with Crippen LogP contribution < -0.4 is 16.0 Å². The van der Waals surface area contributed by atoms with Crippen LogP contribution in [0.5, 0.6) is 0 Å². The molecule has 346 valence electrons. The molecule has 2 aromatic carbocycles. The van der Waals surface area contributed by atoms with Crippen molar-refractivity contribution >= 4 is 35.3 Å². The Hall–Kier alpha value is -4.53. The summed E-state index contributed by atoms with van der Waals surface area (Å²) < 4.78 is 12.0. The van der Waals surface area contributed by atoms with E-state index in [9.17, 15) is 29.1 Å². The molecular weight excluding hydrogens is 789 g/mol. The number of carboxylic acids is 1. The van der Waals surface area contributed by atoms with Gasteiger partial charge in [-0.1, -0.05) is 97.4 Å². The van der Waals surface area contributed by atoms with E-state index in [2.05, 4.69) is 33.0 Å². The zero-order valence-electron chi connectivity index (χ0n) is 39.4. The van der Waals surface area contributed by atoms with Crippen molar-refractivity contribution < 1.29 is 38.6 Å². The lowest BCUT2D eigenvalue weighted by molar-refractivity contribution is -0.148. The Morgan fingerprint density at radius 3 is 2.03 bits per heavy atom. The number of hydrogen-bond donors (Lipinski definition) is 4. The van der Waals surface area contributed by atoms with E-state index in [4.69, 9.17) is 9.47 Å². The fourth-order valence-electron chi connectivity index (χ4n) is 8.93. The van der Waals surface area contributed by atoms with Gasteiger partial charge in [0.2, 0.25) is 23.6 Å². The predicted octanol–water partition coefficient (Wildman–Crippen LogP) is 5.10. The largest absolute Gasteiger partial charge is 0.480 e. The number of rotatable bonds is 25. The van der Waals surface area contributed by atoms with Gasteiger partial charge in [0.15, 0.2) is 0 Å². The third-order valence-electron chi connectivity index (χ3n) is 12.8. The summed E-state index contributed by atoms with van der Waals surface area (Å²) >= 11 is 0. The zero-order valence-corrected chi connectivity index (χ0v) is 39.4. The fourth-order valence-corrected chi connectivity index (χ4v) is 8.93. The number of nitrogens with one attached hydrogen (secondary N) is 3. The molecule has 1 aliphatic rings. The number of carbonyl (C=O) groups excluding carboxylic acids is 4. The lowest BCUT2D eigenvalue weighted by atomic mass is 9.89. The van der Waals surface area contributed by atoms with Crippen molar-refractivity contribution in [3.8, 4) is 0 Å². The molecule has 0 spiro atoms. The van der Waals surface area contributed by atoms with Gasteiger partial charge in [0.25, 0.3) is 0 Å². The average Bonchev–Trinajstić information content (AvgIpc) is 3.74. The van der Waals surface area contributed by atoms with E-state index in [1.54, 1.807) is 30.9 Å². The maximum Gasteiger partial charge on any atom is 0.326 e. The maximum absolute atomic E-state index is 14.6. The number of hydrogen-bond acceptors (Lipinski definition) is 9. The normalized spacial score (nSPS) is 18.0. The van der Waals surface area contributed by atoms with E-state index >= 15 is 0 Å². The number of carbonyl (C=O) groups is 5. The van der Waals surface area contributed by atoms with Gasteiger partial charge in [0.05, 0.1) is 42.7 Å². The molecule has 14 heteroatoms. The van der Waals surface area contributed by atoms with Crippen LogP contribution in [0.2, 0.25) is 0 Å². The molecule has 0 radical (unpaired) electrons. The Morgan fingerprint density at radius 2 is 1.50 bits per heavy atom. The maximum atomic E-state index is 14.6. The number of nitrogens with zero attached hydrogens (tertiary/aromatic N) is 3. The summed E-state index contributed by atoms with van der Waals surface area (Å²) in [6.07, 6.45) is 1.51. The molecule has 1 saturated heterocycles. The van der Waals surface area contributed by atoms with Crippen LogP contribution in [0.25, 0.3) is 0 Å². The number of benzene rings is 2. The van der Waals surface area contributed by atoms with Crippen molar-refractivity contribution in [2.75, 3.05) is 53.8 Å². The van der Waals surface area contributed by atoms with Crippen molar-refractivity contribution in [1.82, 2.24) is 25.3 Å². The first kappa shape index (κ1) is 51.8. The van der Waals surface area contributed by atoms with Gasteiger partial charge in [-0.3, -0.25) is 24.1 Å². The molecule has 0 bridgehead atoms. The number of anilines is 1. The minimum absolute atomic E-state index is 0.0187. The first-order valence-corrected chi connectivity index (χ1v) is 22.4. The van der Waals surface area contributed by atoms with Crippen molar-refractivity contribution in [2.45, 2.75) is 129 Å². The number of ether oxygens (including phenoxy) is 2. The highest BCUT2D eigenvalue weighted by Crippen LogP contribution is 2.30. The van der Waals surface area contributed by atoms with E-state index in [0.717, 1.165) is 17.7 Å². The van der Waals surface area contributed by atoms with Gasteiger partial charge >= 0.3 is 5.97 Å². The van der Waals surface area contributed by atoms with E-state index in [1.807, 2.05) is 98.1 Å². The van der Waals surface area contributed by atoms with E-state index in [1.165, 1.54) is 12.7 Å². The molecule has 2 aromatic rings. The van der Waals surface area contributed by atoms with Crippen molar-refractivity contribution in [3.05, 3.63) is 65.7 Å². The summed E-state index contributed by atoms with van der Waals surface area (Å²) in [5, 5.41) is 18.9. The summed E-state index contributed by atoms with van der Waals surface area (Å²) in [5.74, 6) is -3.34. The van der Waals surface area contributed by atoms with Gasteiger partial charge in [-0.05, 0) is 67.3 Å². The van der Waals surface area contributed by atoms with Crippen LogP contribution in [0.4, 0.5) is 5.69 Å². The number of carboxylic acid groups (broad SMARTS) is 1. The molecule has 0 aliphatic carbocycles. The summed E-state index contributed by atoms with van der Waals surface area (Å²) in [6.45, 7) is 14.7. The number of aliphatic carboxylic acids is 1. The monoisotopic (exact) mass is 865 g/mol. The highest BCUT2D eigenvalue weighted by molar-refractivity contribution is 5.90. The first-order chi connectivity index (χ1) is 29.4. The second-order valence-electron chi connectivity index (χ2n) is 17.8. The molecule has 62 heavy (non-hydrogen) atoms. The third-order valence-corrected chi connectivity index (χ3v) is 12.8. The van der Waals surface area contributed by atoms with Crippen LogP contribution in [-0.2, 0) is 46.3 Å². The quantitative estimate of drug-likeness (QED) is 0.105. The Morgan fingerprint density at radius 1 is 0.855 bits per heavy atom. The van der Waals surface area contributed by atoms with Crippen LogP contribution in [0.3, 0.4) is 0 Å². The van der Waals surface area contributed by atoms with E-state index in [0.29, 0.717) is 32.4 Å². The van der Waals surface area contributed by atoms with Crippen molar-refractivity contribution in [3.63, 3.8) is 0 Å². The second kappa shape index (κ2) is 24.9. The lowest BCUT2D eigenvalue weighted by Crippen LogP contribution is -2.60. The van der Waals surface area contributed by atoms with Crippen LogP contribution >= 0.6 is 0 Å². The minimum atomic E-state index is -1.14.